The van der Waals surface area contributed by atoms with Crippen molar-refractivity contribution in [2.24, 2.45) is 0 Å². The summed E-state index contributed by atoms with van der Waals surface area (Å²) in [5.41, 5.74) is 0.443. The quantitative estimate of drug-likeness (QED) is 0.490. The molecule has 0 aliphatic carbocycles. The lowest BCUT2D eigenvalue weighted by Crippen LogP contribution is -2.46. The molecule has 2 unspecified atom stereocenters. The molecular formula is C15H15NO8. The number of nitro groups is 1. The number of rotatable bonds is 4. The van der Waals surface area contributed by atoms with E-state index >= 15 is 0 Å². The Balaban J connectivity index is 2.40. The zero-order valence-corrected chi connectivity index (χ0v) is 12.9. The molecule has 0 radical (unpaired) electrons. The van der Waals surface area contributed by atoms with Gasteiger partial charge in [0.2, 0.25) is 5.76 Å². The molecule has 0 aromatic heterocycles. The van der Waals surface area contributed by atoms with E-state index in [0.717, 1.165) is 14.2 Å². The summed E-state index contributed by atoms with van der Waals surface area (Å²) < 4.78 is 14.1. The highest BCUT2D eigenvalue weighted by atomic mass is 16.7. The third-order valence-electron chi connectivity index (χ3n) is 3.55. The zero-order chi connectivity index (χ0) is 17.9. The maximum absolute atomic E-state index is 11.8. The van der Waals surface area contributed by atoms with E-state index in [0.29, 0.717) is 5.56 Å². The topological polar surface area (TPSA) is 125 Å². The highest BCUT2D eigenvalue weighted by Crippen LogP contribution is 2.37. The normalized spacial score (nSPS) is 22.8. The van der Waals surface area contributed by atoms with Gasteiger partial charge in [-0.2, -0.15) is 0 Å². The highest BCUT2D eigenvalue weighted by Gasteiger charge is 2.47. The molecule has 2 rings (SSSR count). The van der Waals surface area contributed by atoms with Gasteiger partial charge in [-0.25, -0.2) is 9.59 Å². The van der Waals surface area contributed by atoms with Crippen LogP contribution in [-0.4, -0.2) is 42.0 Å². The van der Waals surface area contributed by atoms with E-state index in [-0.39, 0.29) is 17.9 Å². The summed E-state index contributed by atoms with van der Waals surface area (Å²) >= 11 is 0. The molecule has 1 N–H and O–H groups in total. The monoisotopic (exact) mass is 337 g/mol. The Kier molecular flexibility index (Phi) is 4.84. The predicted molar refractivity (Wildman–Crippen MR) is 78.6 cm³/mol. The van der Waals surface area contributed by atoms with Crippen molar-refractivity contribution in [1.29, 1.82) is 0 Å². The maximum Gasteiger partial charge on any atom is 0.379 e. The van der Waals surface area contributed by atoms with Crippen LogP contribution in [0.25, 0.3) is 0 Å². The number of carbonyl (C=O) groups is 2. The molecule has 1 aromatic carbocycles. The molecule has 1 heterocycles. The second-order valence-electron chi connectivity index (χ2n) is 5.06. The van der Waals surface area contributed by atoms with Crippen LogP contribution in [0, 0.1) is 10.1 Å². The minimum Gasteiger partial charge on any atom is -0.464 e. The SMILES string of the molecule is COC(=O)C1=CC(c2ccc([N+](=O)[O-])cc2)CC(O)(C(=O)OC)O1. The Hall–Kier alpha value is -2.94. The largest absolute Gasteiger partial charge is 0.464 e. The first kappa shape index (κ1) is 17.4. The van der Waals surface area contributed by atoms with Crippen LogP contribution in [0.5, 0.6) is 0 Å². The Labute approximate surface area is 136 Å². The van der Waals surface area contributed by atoms with Gasteiger partial charge in [-0.05, 0) is 11.6 Å². The smallest absolute Gasteiger partial charge is 0.379 e. The van der Waals surface area contributed by atoms with Gasteiger partial charge in [-0.3, -0.25) is 10.1 Å². The van der Waals surface area contributed by atoms with Crippen molar-refractivity contribution in [3.63, 3.8) is 0 Å². The summed E-state index contributed by atoms with van der Waals surface area (Å²) in [5.74, 6) is -5.26. The Morgan fingerprint density at radius 2 is 1.92 bits per heavy atom. The number of nitrogens with zero attached hydrogens (tertiary/aromatic N) is 1. The molecule has 1 aliphatic rings. The van der Waals surface area contributed by atoms with Crippen LogP contribution in [-0.2, 0) is 23.8 Å². The van der Waals surface area contributed by atoms with Gasteiger partial charge in [0.1, 0.15) is 0 Å². The fourth-order valence-electron chi connectivity index (χ4n) is 2.35. The fraction of sp³-hybridized carbons (Fsp3) is 0.333. The van der Waals surface area contributed by atoms with Crippen molar-refractivity contribution in [2.45, 2.75) is 18.1 Å². The Bertz CT molecular complexity index is 696. The molecule has 128 valence electrons. The zero-order valence-electron chi connectivity index (χ0n) is 12.9. The van der Waals surface area contributed by atoms with Gasteiger partial charge < -0.3 is 19.3 Å². The molecular weight excluding hydrogens is 322 g/mol. The van der Waals surface area contributed by atoms with Crippen LogP contribution in [0.2, 0.25) is 0 Å². The molecule has 0 amide bonds. The molecule has 2 atom stereocenters. The number of methoxy groups -OCH3 is 2. The Morgan fingerprint density at radius 1 is 1.29 bits per heavy atom. The van der Waals surface area contributed by atoms with E-state index in [4.69, 9.17) is 4.74 Å². The van der Waals surface area contributed by atoms with Crippen LogP contribution < -0.4 is 0 Å². The molecule has 9 heteroatoms. The van der Waals surface area contributed by atoms with E-state index in [9.17, 15) is 24.8 Å². The number of hydrogen-bond acceptors (Lipinski definition) is 8. The third kappa shape index (κ3) is 3.35. The summed E-state index contributed by atoms with van der Waals surface area (Å²) in [6.07, 6.45) is 1.16. The lowest BCUT2D eigenvalue weighted by Gasteiger charge is -2.33. The molecule has 0 fully saturated rings. The average molecular weight is 337 g/mol. The molecule has 0 spiro atoms. The summed E-state index contributed by atoms with van der Waals surface area (Å²) in [6, 6.07) is 5.51. The van der Waals surface area contributed by atoms with Gasteiger partial charge >= 0.3 is 17.7 Å². The Morgan fingerprint density at radius 3 is 2.42 bits per heavy atom. The van der Waals surface area contributed by atoms with E-state index in [1.54, 1.807) is 0 Å². The lowest BCUT2D eigenvalue weighted by atomic mass is 9.88. The maximum atomic E-state index is 11.8. The van der Waals surface area contributed by atoms with Gasteiger partial charge in [0.15, 0.2) is 0 Å². The van der Waals surface area contributed by atoms with Crippen molar-refractivity contribution >= 4 is 17.6 Å². The number of ether oxygens (including phenoxy) is 3. The number of benzene rings is 1. The molecule has 9 nitrogen and oxygen atoms in total. The first-order chi connectivity index (χ1) is 11.3. The molecule has 0 bridgehead atoms. The van der Waals surface area contributed by atoms with Gasteiger partial charge in [0, 0.05) is 24.5 Å². The minimum absolute atomic E-state index is 0.105. The van der Waals surface area contributed by atoms with Crippen molar-refractivity contribution in [1.82, 2.24) is 0 Å². The summed E-state index contributed by atoms with van der Waals surface area (Å²) in [6.45, 7) is 0. The summed E-state index contributed by atoms with van der Waals surface area (Å²) in [4.78, 5) is 33.7. The van der Waals surface area contributed by atoms with Crippen LogP contribution in [0.1, 0.15) is 17.9 Å². The number of allylic oxidation sites excluding steroid dienone is 1. The van der Waals surface area contributed by atoms with Crippen LogP contribution in [0.4, 0.5) is 5.69 Å². The average Bonchev–Trinajstić information content (AvgIpc) is 2.59. The first-order valence-corrected chi connectivity index (χ1v) is 6.85. The van der Waals surface area contributed by atoms with Crippen molar-refractivity contribution in [2.75, 3.05) is 14.2 Å². The van der Waals surface area contributed by atoms with Gasteiger partial charge in [0.05, 0.1) is 19.1 Å². The van der Waals surface area contributed by atoms with Gasteiger partial charge in [-0.1, -0.05) is 12.1 Å². The van der Waals surface area contributed by atoms with Crippen molar-refractivity contribution in [3.05, 3.63) is 51.8 Å². The predicted octanol–water partition coefficient (Wildman–Crippen LogP) is 1.02. The lowest BCUT2D eigenvalue weighted by molar-refractivity contribution is -0.384. The summed E-state index contributed by atoms with van der Waals surface area (Å²) in [5, 5.41) is 21.1. The van der Waals surface area contributed by atoms with E-state index < -0.39 is 28.6 Å². The number of carbonyl (C=O) groups excluding carboxylic acids is 2. The number of esters is 2. The van der Waals surface area contributed by atoms with Crippen LogP contribution >= 0.6 is 0 Å². The number of hydrogen-bond donors (Lipinski definition) is 1. The van der Waals surface area contributed by atoms with Crippen molar-refractivity contribution < 1.29 is 33.8 Å². The fourth-order valence-corrected chi connectivity index (χ4v) is 2.35. The number of aliphatic hydroxyl groups is 1. The number of non-ortho nitro benzene ring substituents is 1. The molecule has 0 saturated carbocycles. The summed E-state index contributed by atoms with van der Waals surface area (Å²) in [7, 11) is 2.19. The van der Waals surface area contributed by atoms with E-state index in [1.807, 2.05) is 0 Å². The standard InChI is InChI=1S/C15H15NO8/c1-22-13(17)12-7-10(8-15(19,24-12)14(18)23-2)9-3-5-11(6-4-9)16(20)21/h3-7,10,19H,8H2,1-2H3. The van der Waals surface area contributed by atoms with E-state index in [2.05, 4.69) is 9.47 Å². The highest BCUT2D eigenvalue weighted by molar-refractivity contribution is 5.88. The number of nitro benzene ring substituents is 1. The van der Waals surface area contributed by atoms with Gasteiger partial charge in [-0.15, -0.1) is 0 Å². The minimum atomic E-state index is -2.36. The second kappa shape index (κ2) is 6.67. The molecule has 1 aromatic rings. The van der Waals surface area contributed by atoms with Gasteiger partial charge in [0.25, 0.3) is 5.69 Å². The molecule has 24 heavy (non-hydrogen) atoms. The molecule has 0 saturated heterocycles. The first-order valence-electron chi connectivity index (χ1n) is 6.85. The van der Waals surface area contributed by atoms with Crippen LogP contribution in [0.15, 0.2) is 36.1 Å². The van der Waals surface area contributed by atoms with Crippen LogP contribution in [0.3, 0.4) is 0 Å². The third-order valence-corrected chi connectivity index (χ3v) is 3.55. The second-order valence-corrected chi connectivity index (χ2v) is 5.06. The molecule has 1 aliphatic heterocycles. The van der Waals surface area contributed by atoms with E-state index in [1.165, 1.54) is 30.3 Å². The van der Waals surface area contributed by atoms with Crippen molar-refractivity contribution in [3.8, 4) is 0 Å².